The second-order valence-corrected chi connectivity index (χ2v) is 5.12. The zero-order valence-electron chi connectivity index (χ0n) is 13.9. The van der Waals surface area contributed by atoms with Crippen LogP contribution < -0.4 is 16.2 Å². The number of carbonyl (C=O) groups excluding carboxylic acids is 2. The number of hydrazine groups is 1. The van der Waals surface area contributed by atoms with E-state index >= 15 is 0 Å². The molecule has 3 N–H and O–H groups in total. The summed E-state index contributed by atoms with van der Waals surface area (Å²) in [4.78, 5) is 28.0. The molecule has 0 aliphatic carbocycles. The minimum atomic E-state index is -0.691. The first kappa shape index (κ1) is 17.0. The van der Waals surface area contributed by atoms with E-state index < -0.39 is 12.0 Å². The van der Waals surface area contributed by atoms with E-state index in [1.165, 1.54) is 7.11 Å². The molecule has 3 rings (SSSR count). The molecular formula is C18H16N4O4. The molecule has 8 nitrogen and oxygen atoms in total. The molecule has 0 saturated carbocycles. The third kappa shape index (κ3) is 3.99. The van der Waals surface area contributed by atoms with Gasteiger partial charge in [-0.25, -0.2) is 15.0 Å². The fourth-order valence-corrected chi connectivity index (χ4v) is 2.14. The summed E-state index contributed by atoms with van der Waals surface area (Å²) < 4.78 is 10.3. The average Bonchev–Trinajstić information content (AvgIpc) is 3.11. The van der Waals surface area contributed by atoms with Crippen LogP contribution in [0, 0.1) is 0 Å². The number of rotatable bonds is 5. The molecule has 0 spiro atoms. The molecule has 8 heteroatoms. The van der Waals surface area contributed by atoms with Gasteiger partial charge in [0.2, 0.25) is 17.5 Å². The lowest BCUT2D eigenvalue weighted by atomic mass is 10.2. The molecule has 1 heterocycles. The number of carbonyl (C=O) groups is 2. The first-order valence-corrected chi connectivity index (χ1v) is 7.70. The fourth-order valence-electron chi connectivity index (χ4n) is 2.14. The lowest BCUT2D eigenvalue weighted by molar-refractivity contribution is 0.0595. The Bertz CT molecular complexity index is 894. The molecule has 0 saturated heterocycles. The van der Waals surface area contributed by atoms with Gasteiger partial charge in [0.15, 0.2) is 0 Å². The zero-order chi connectivity index (χ0) is 18.4. The Hall–Kier alpha value is -3.81. The Kier molecular flexibility index (Phi) is 5.14. The third-order valence-electron chi connectivity index (χ3n) is 3.35. The van der Waals surface area contributed by atoms with Crippen molar-refractivity contribution in [2.24, 2.45) is 0 Å². The molecule has 0 fully saturated rings. The lowest BCUT2D eigenvalue weighted by Crippen LogP contribution is -2.34. The number of urea groups is 1. The summed E-state index contributed by atoms with van der Waals surface area (Å²) in [5.41, 5.74) is 6.15. The van der Waals surface area contributed by atoms with Crippen molar-refractivity contribution in [3.05, 3.63) is 66.4 Å². The molecule has 0 aliphatic heterocycles. The van der Waals surface area contributed by atoms with Crippen molar-refractivity contribution in [3.63, 3.8) is 0 Å². The number of nitrogens with zero attached hydrogens (tertiary/aromatic N) is 1. The largest absolute Gasteiger partial charge is 0.464 e. The SMILES string of the molecule is COC(=O)c1nc(-c2ccccc2)oc1NNC(=O)Nc1ccccc1. The van der Waals surface area contributed by atoms with Crippen molar-refractivity contribution >= 4 is 23.6 Å². The van der Waals surface area contributed by atoms with Crippen molar-refractivity contribution in [3.8, 4) is 11.5 Å². The smallest absolute Gasteiger partial charge is 0.362 e. The summed E-state index contributed by atoms with van der Waals surface area (Å²) in [6, 6.07) is 17.4. The number of para-hydroxylation sites is 1. The molecule has 3 aromatic rings. The summed E-state index contributed by atoms with van der Waals surface area (Å²) in [5.74, 6) is -0.499. The van der Waals surface area contributed by atoms with Crippen molar-refractivity contribution < 1.29 is 18.7 Å². The van der Waals surface area contributed by atoms with Crippen molar-refractivity contribution in [2.45, 2.75) is 0 Å². The van der Waals surface area contributed by atoms with E-state index in [1.807, 2.05) is 24.3 Å². The summed E-state index contributed by atoms with van der Waals surface area (Å²) >= 11 is 0. The maximum absolute atomic E-state index is 12.0. The molecule has 0 aliphatic rings. The molecule has 132 valence electrons. The van der Waals surface area contributed by atoms with E-state index in [9.17, 15) is 9.59 Å². The van der Waals surface area contributed by atoms with Gasteiger partial charge < -0.3 is 14.5 Å². The summed E-state index contributed by atoms with van der Waals surface area (Å²) in [6.07, 6.45) is 0. The number of methoxy groups -OCH3 is 1. The Balaban J connectivity index is 1.74. The van der Waals surface area contributed by atoms with E-state index in [0.29, 0.717) is 11.3 Å². The Morgan fingerprint density at radius 3 is 2.31 bits per heavy atom. The van der Waals surface area contributed by atoms with Gasteiger partial charge in [0.05, 0.1) is 7.11 Å². The molecule has 0 atom stereocenters. The molecule has 1 aromatic heterocycles. The van der Waals surface area contributed by atoms with Crippen LogP contribution in [-0.4, -0.2) is 24.1 Å². The number of amides is 2. The highest BCUT2D eigenvalue weighted by Gasteiger charge is 2.22. The fraction of sp³-hybridized carbons (Fsp3) is 0.0556. The standard InChI is InChI=1S/C18H16N4O4/c1-25-17(23)14-16(26-15(20-14)12-8-4-2-5-9-12)21-22-18(24)19-13-10-6-3-7-11-13/h2-11,21H,1H3,(H2,19,22,24). The highest BCUT2D eigenvalue weighted by Crippen LogP contribution is 2.25. The Labute approximate surface area is 149 Å². The third-order valence-corrected chi connectivity index (χ3v) is 3.35. The van der Waals surface area contributed by atoms with E-state index in [-0.39, 0.29) is 17.5 Å². The van der Waals surface area contributed by atoms with Gasteiger partial charge in [-0.2, -0.15) is 4.98 Å². The highest BCUT2D eigenvalue weighted by molar-refractivity contribution is 5.94. The summed E-state index contributed by atoms with van der Waals surface area (Å²) in [5, 5.41) is 2.62. The van der Waals surface area contributed by atoms with Crippen LogP contribution in [0.25, 0.3) is 11.5 Å². The van der Waals surface area contributed by atoms with Gasteiger partial charge in [0.1, 0.15) is 0 Å². The number of anilines is 2. The molecule has 2 amide bonds. The van der Waals surface area contributed by atoms with Crippen LogP contribution in [0.4, 0.5) is 16.4 Å². The van der Waals surface area contributed by atoms with Gasteiger partial charge in [-0.3, -0.25) is 5.43 Å². The van der Waals surface area contributed by atoms with Crippen molar-refractivity contribution in [1.82, 2.24) is 10.4 Å². The Morgan fingerprint density at radius 1 is 1.00 bits per heavy atom. The topological polar surface area (TPSA) is 105 Å². The van der Waals surface area contributed by atoms with Gasteiger partial charge >= 0.3 is 12.0 Å². The number of hydrogen-bond acceptors (Lipinski definition) is 6. The van der Waals surface area contributed by atoms with Crippen LogP contribution in [0.5, 0.6) is 0 Å². The minimum absolute atomic E-state index is 0.0288. The number of benzene rings is 2. The highest BCUT2D eigenvalue weighted by atomic mass is 16.5. The maximum atomic E-state index is 12.0. The first-order chi connectivity index (χ1) is 12.7. The van der Waals surface area contributed by atoms with Crippen LogP contribution in [0.1, 0.15) is 10.5 Å². The van der Waals surface area contributed by atoms with Crippen LogP contribution >= 0.6 is 0 Å². The van der Waals surface area contributed by atoms with E-state index in [2.05, 4.69) is 21.2 Å². The molecule has 0 radical (unpaired) electrons. The maximum Gasteiger partial charge on any atom is 0.362 e. The monoisotopic (exact) mass is 352 g/mol. The number of ether oxygens (including phenoxy) is 1. The second-order valence-electron chi connectivity index (χ2n) is 5.12. The number of aromatic nitrogens is 1. The molecule has 0 unspecified atom stereocenters. The zero-order valence-corrected chi connectivity index (χ0v) is 13.9. The van der Waals surface area contributed by atoms with Crippen LogP contribution in [-0.2, 0) is 4.74 Å². The van der Waals surface area contributed by atoms with Gasteiger partial charge in [-0.1, -0.05) is 36.4 Å². The number of hydrogen-bond donors (Lipinski definition) is 3. The van der Waals surface area contributed by atoms with Gasteiger partial charge in [0, 0.05) is 11.3 Å². The van der Waals surface area contributed by atoms with Gasteiger partial charge in [0.25, 0.3) is 0 Å². The number of nitrogens with one attached hydrogen (secondary N) is 3. The molecule has 26 heavy (non-hydrogen) atoms. The van der Waals surface area contributed by atoms with E-state index in [1.54, 1.807) is 36.4 Å². The predicted octanol–water partition coefficient (Wildman–Crippen LogP) is 3.28. The molecular weight excluding hydrogens is 336 g/mol. The van der Waals surface area contributed by atoms with Gasteiger partial charge in [-0.15, -0.1) is 0 Å². The average molecular weight is 352 g/mol. The lowest BCUT2D eigenvalue weighted by Gasteiger charge is -2.08. The van der Waals surface area contributed by atoms with E-state index in [4.69, 9.17) is 9.15 Å². The second kappa shape index (κ2) is 7.84. The number of oxazole rings is 1. The predicted molar refractivity (Wildman–Crippen MR) is 95.5 cm³/mol. The first-order valence-electron chi connectivity index (χ1n) is 7.70. The molecule has 2 aromatic carbocycles. The minimum Gasteiger partial charge on any atom is -0.464 e. The van der Waals surface area contributed by atoms with Crippen LogP contribution in [0.15, 0.2) is 65.1 Å². The Morgan fingerprint density at radius 2 is 1.65 bits per heavy atom. The van der Waals surface area contributed by atoms with E-state index in [0.717, 1.165) is 0 Å². The normalized spacial score (nSPS) is 10.0. The van der Waals surface area contributed by atoms with Gasteiger partial charge in [-0.05, 0) is 24.3 Å². The quantitative estimate of drug-likeness (QED) is 0.481. The number of esters is 1. The van der Waals surface area contributed by atoms with Crippen molar-refractivity contribution in [2.75, 3.05) is 17.9 Å². The molecule has 0 bridgehead atoms. The summed E-state index contributed by atoms with van der Waals surface area (Å²) in [7, 11) is 1.23. The van der Waals surface area contributed by atoms with Crippen molar-refractivity contribution in [1.29, 1.82) is 0 Å². The summed E-state index contributed by atoms with van der Waals surface area (Å²) in [6.45, 7) is 0. The van der Waals surface area contributed by atoms with Crippen LogP contribution in [0.2, 0.25) is 0 Å². The van der Waals surface area contributed by atoms with Crippen LogP contribution in [0.3, 0.4) is 0 Å².